The number of hydrogen-bond donors (Lipinski definition) is 3. The van der Waals surface area contributed by atoms with Crippen LogP contribution in [0.3, 0.4) is 0 Å². The van der Waals surface area contributed by atoms with Crippen LogP contribution in [0.2, 0.25) is 5.02 Å². The molecule has 0 bridgehead atoms. The van der Waals surface area contributed by atoms with Crippen LogP contribution in [0.25, 0.3) is 0 Å². The van der Waals surface area contributed by atoms with Gasteiger partial charge in [0, 0.05) is 6.04 Å². The molecule has 1 aromatic heterocycles. The van der Waals surface area contributed by atoms with Gasteiger partial charge in [-0.05, 0) is 102 Å². The van der Waals surface area contributed by atoms with E-state index in [4.69, 9.17) is 16.3 Å². The highest BCUT2D eigenvalue weighted by molar-refractivity contribution is 7.92. The number of benzene rings is 2. The lowest BCUT2D eigenvalue weighted by Crippen LogP contribution is -2.35. The maximum Gasteiger partial charge on any atom is 0.229 e. The average molecular weight is 572 g/mol. The summed E-state index contributed by atoms with van der Waals surface area (Å²) >= 11 is 6.43. The number of hydrogen-bond acceptors (Lipinski definition) is 8. The predicted octanol–water partition coefficient (Wildman–Crippen LogP) is 6.75. The maximum absolute atomic E-state index is 12.9. The van der Waals surface area contributed by atoms with E-state index in [0.29, 0.717) is 29.4 Å². The fraction of sp³-hybridized carbons (Fsp3) is 0.448. The first-order valence-electron chi connectivity index (χ1n) is 13.4. The molecule has 1 aliphatic heterocycles. The molecule has 2 aromatic carbocycles. The molecule has 10 heteroatoms. The highest BCUT2D eigenvalue weighted by Crippen LogP contribution is 2.38. The minimum absolute atomic E-state index is 0.0178. The molecule has 0 amide bonds. The van der Waals surface area contributed by atoms with Crippen molar-refractivity contribution in [3.8, 4) is 5.75 Å². The lowest BCUT2D eigenvalue weighted by Gasteiger charge is -2.30. The number of sulfone groups is 1. The molecule has 0 radical (unpaired) electrons. The van der Waals surface area contributed by atoms with Crippen molar-refractivity contribution in [2.24, 2.45) is 0 Å². The Hall–Kier alpha value is -2.88. The van der Waals surface area contributed by atoms with Crippen molar-refractivity contribution in [2.75, 3.05) is 17.2 Å². The minimum atomic E-state index is -3.52. The Bertz CT molecular complexity index is 1430. The summed E-state index contributed by atoms with van der Waals surface area (Å²) in [6, 6.07) is 11.4. The zero-order valence-electron chi connectivity index (χ0n) is 23.4. The second-order valence-corrected chi connectivity index (χ2v) is 13.6. The lowest BCUT2D eigenvalue weighted by atomic mass is 9.84. The van der Waals surface area contributed by atoms with Crippen LogP contribution in [0.1, 0.15) is 64.5 Å². The number of aromatic nitrogens is 2. The number of para-hydroxylation sites is 1. The molecular formula is C29H38ClN5O3S. The highest BCUT2D eigenvalue weighted by Gasteiger charge is 2.25. The monoisotopic (exact) mass is 571 g/mol. The van der Waals surface area contributed by atoms with Crippen molar-refractivity contribution in [3.05, 3.63) is 58.7 Å². The van der Waals surface area contributed by atoms with E-state index in [2.05, 4.69) is 51.9 Å². The van der Waals surface area contributed by atoms with E-state index in [1.165, 1.54) is 17.3 Å². The number of halogens is 1. The SMILES string of the molecule is Cc1cc(Nc2ncc(Cl)c(Nc3ccccc3S(=O)(=O)C(C)C)n2)c(OC(C)C)cc1C1CCNC(C)C1. The molecule has 2 atom stereocenters. The lowest BCUT2D eigenvalue weighted by molar-refractivity contribution is 0.243. The standard InChI is InChI=1S/C29H38ClN5O3S/c1-17(2)38-26-15-22(21-11-12-31-20(6)14-21)19(5)13-25(26)34-29-32-16-23(30)28(35-29)33-24-9-7-8-10-27(24)39(36,37)18(3)4/h7-10,13,15-18,20-21,31H,11-12,14H2,1-6H3,(H2,32,33,34,35). The summed E-state index contributed by atoms with van der Waals surface area (Å²) < 4.78 is 32.0. The van der Waals surface area contributed by atoms with Gasteiger partial charge >= 0.3 is 0 Å². The molecule has 2 heterocycles. The summed E-state index contributed by atoms with van der Waals surface area (Å²) in [6.07, 6.45) is 3.63. The van der Waals surface area contributed by atoms with Crippen molar-refractivity contribution in [1.82, 2.24) is 15.3 Å². The molecule has 0 saturated carbocycles. The molecule has 39 heavy (non-hydrogen) atoms. The minimum Gasteiger partial charge on any atom is -0.489 e. The number of nitrogens with zero attached hydrogens (tertiary/aromatic N) is 2. The molecule has 0 aliphatic carbocycles. The van der Waals surface area contributed by atoms with Crippen LogP contribution in [-0.2, 0) is 9.84 Å². The van der Waals surface area contributed by atoms with Crippen molar-refractivity contribution >= 4 is 44.6 Å². The highest BCUT2D eigenvalue weighted by atomic mass is 35.5. The molecule has 210 valence electrons. The third-order valence-corrected chi connectivity index (χ3v) is 9.34. The zero-order chi connectivity index (χ0) is 28.3. The van der Waals surface area contributed by atoms with Crippen molar-refractivity contribution in [1.29, 1.82) is 0 Å². The number of rotatable bonds is 9. The van der Waals surface area contributed by atoms with E-state index in [9.17, 15) is 8.42 Å². The van der Waals surface area contributed by atoms with E-state index in [1.807, 2.05) is 13.8 Å². The van der Waals surface area contributed by atoms with Crippen LogP contribution in [0, 0.1) is 6.92 Å². The van der Waals surface area contributed by atoms with Gasteiger partial charge in [0.1, 0.15) is 10.8 Å². The van der Waals surface area contributed by atoms with Gasteiger partial charge in [-0.15, -0.1) is 0 Å². The summed E-state index contributed by atoms with van der Waals surface area (Å²) in [5.41, 5.74) is 3.63. The molecule has 1 aliphatic rings. The van der Waals surface area contributed by atoms with Gasteiger partial charge in [0.05, 0.1) is 33.8 Å². The molecule has 4 rings (SSSR count). The molecule has 3 aromatic rings. The Kier molecular flexibility index (Phi) is 9.03. The van der Waals surface area contributed by atoms with Gasteiger partial charge in [-0.3, -0.25) is 0 Å². The van der Waals surface area contributed by atoms with Crippen LogP contribution in [0.4, 0.5) is 23.1 Å². The van der Waals surface area contributed by atoms with Gasteiger partial charge in [-0.25, -0.2) is 13.4 Å². The summed E-state index contributed by atoms with van der Waals surface area (Å²) in [6.45, 7) is 12.7. The van der Waals surface area contributed by atoms with Crippen molar-refractivity contribution in [2.45, 2.75) is 82.6 Å². The van der Waals surface area contributed by atoms with Gasteiger partial charge in [-0.1, -0.05) is 23.7 Å². The topological polar surface area (TPSA) is 105 Å². The average Bonchev–Trinajstić information content (AvgIpc) is 2.87. The first kappa shape index (κ1) is 29.1. The molecule has 2 unspecified atom stereocenters. The number of piperidine rings is 1. The van der Waals surface area contributed by atoms with Gasteiger partial charge in [0.25, 0.3) is 0 Å². The Labute approximate surface area is 236 Å². The van der Waals surface area contributed by atoms with Crippen LogP contribution in [-0.4, -0.2) is 42.3 Å². The van der Waals surface area contributed by atoms with E-state index in [-0.39, 0.29) is 16.0 Å². The molecule has 3 N–H and O–H groups in total. The zero-order valence-corrected chi connectivity index (χ0v) is 24.9. The van der Waals surface area contributed by atoms with E-state index in [1.54, 1.807) is 38.1 Å². The second-order valence-electron chi connectivity index (χ2n) is 10.7. The van der Waals surface area contributed by atoms with Crippen LogP contribution in [0.5, 0.6) is 5.75 Å². The van der Waals surface area contributed by atoms with Gasteiger partial charge < -0.3 is 20.7 Å². The fourth-order valence-corrected chi connectivity index (χ4v) is 6.18. The smallest absolute Gasteiger partial charge is 0.229 e. The van der Waals surface area contributed by atoms with Gasteiger partial charge in [-0.2, -0.15) is 4.98 Å². The summed E-state index contributed by atoms with van der Waals surface area (Å²) in [5, 5.41) is 9.62. The van der Waals surface area contributed by atoms with Crippen molar-refractivity contribution in [3.63, 3.8) is 0 Å². The third-order valence-electron chi connectivity index (χ3n) is 6.85. The third kappa shape index (κ3) is 6.83. The molecule has 1 saturated heterocycles. The van der Waals surface area contributed by atoms with E-state index < -0.39 is 15.1 Å². The number of ether oxygens (including phenoxy) is 1. The Morgan fingerprint density at radius 3 is 2.54 bits per heavy atom. The van der Waals surface area contributed by atoms with Gasteiger partial charge in [0.2, 0.25) is 5.95 Å². The molecule has 8 nitrogen and oxygen atoms in total. The predicted molar refractivity (Wildman–Crippen MR) is 159 cm³/mol. The first-order valence-corrected chi connectivity index (χ1v) is 15.3. The van der Waals surface area contributed by atoms with Crippen LogP contribution >= 0.6 is 11.6 Å². The fourth-order valence-electron chi connectivity index (χ4n) is 4.84. The second kappa shape index (κ2) is 12.1. The largest absolute Gasteiger partial charge is 0.489 e. The van der Waals surface area contributed by atoms with Crippen LogP contribution in [0.15, 0.2) is 47.5 Å². The Balaban J connectivity index is 1.66. The van der Waals surface area contributed by atoms with Crippen LogP contribution < -0.4 is 20.7 Å². The first-order chi connectivity index (χ1) is 18.5. The summed E-state index contributed by atoms with van der Waals surface area (Å²) in [5.74, 6) is 1.80. The Morgan fingerprint density at radius 2 is 1.85 bits per heavy atom. The molecule has 1 fully saturated rings. The Morgan fingerprint density at radius 1 is 1.10 bits per heavy atom. The normalized spacial score (nSPS) is 17.9. The maximum atomic E-state index is 12.9. The molecular weight excluding hydrogens is 534 g/mol. The number of aryl methyl sites for hydroxylation is 1. The number of anilines is 4. The summed E-state index contributed by atoms with van der Waals surface area (Å²) in [4.78, 5) is 9.14. The quantitative estimate of drug-likeness (QED) is 0.259. The van der Waals surface area contributed by atoms with Crippen molar-refractivity contribution < 1.29 is 13.2 Å². The number of nitrogens with one attached hydrogen (secondary N) is 3. The summed E-state index contributed by atoms with van der Waals surface area (Å²) in [7, 11) is -3.52. The van der Waals surface area contributed by atoms with Gasteiger partial charge in [0.15, 0.2) is 15.7 Å². The molecule has 0 spiro atoms. The van der Waals surface area contributed by atoms with E-state index >= 15 is 0 Å². The van der Waals surface area contributed by atoms with E-state index in [0.717, 1.165) is 30.8 Å².